The quantitative estimate of drug-likeness (QED) is 0.0891. The van der Waals surface area contributed by atoms with Crippen LogP contribution in [0.15, 0.2) is 97.2 Å². The number of urea groups is 1. The molecular weight excluding hydrogens is 711 g/mol. The molecule has 4 N–H and O–H groups in total. The van der Waals surface area contributed by atoms with Crippen molar-refractivity contribution < 1.29 is 23.8 Å². The second kappa shape index (κ2) is 16.9. The Bertz CT molecular complexity index is 2340. The minimum Gasteiger partial charge on any atom is -0.492 e. The van der Waals surface area contributed by atoms with E-state index in [2.05, 4.69) is 43.1 Å². The molecule has 2 aliphatic heterocycles. The van der Waals surface area contributed by atoms with Gasteiger partial charge in [-0.2, -0.15) is 10.1 Å². The van der Waals surface area contributed by atoms with Crippen LogP contribution in [0.25, 0.3) is 16.5 Å². The number of anilines is 4. The van der Waals surface area contributed by atoms with Crippen LogP contribution in [0.2, 0.25) is 0 Å². The Morgan fingerprint density at radius 2 is 1.79 bits per heavy atom. The minimum absolute atomic E-state index is 0.102. The summed E-state index contributed by atoms with van der Waals surface area (Å²) < 4.78 is 19.5. The second-order valence-corrected chi connectivity index (χ2v) is 13.6. The lowest BCUT2D eigenvalue weighted by Gasteiger charge is -2.26. The van der Waals surface area contributed by atoms with Crippen LogP contribution in [-0.2, 0) is 17.7 Å². The Kier molecular flexibility index (Phi) is 11.0. The number of hydrogen-bond donors (Lipinski definition) is 4. The zero-order valence-electron chi connectivity index (χ0n) is 31.1. The number of nitrogens with zero attached hydrogens (tertiary/aromatic N) is 5. The summed E-state index contributed by atoms with van der Waals surface area (Å²) in [7, 11) is 0. The maximum absolute atomic E-state index is 13.6. The van der Waals surface area contributed by atoms with Crippen molar-refractivity contribution in [3.05, 3.63) is 114 Å². The summed E-state index contributed by atoms with van der Waals surface area (Å²) in [6.45, 7) is 7.47. The summed E-state index contributed by atoms with van der Waals surface area (Å²) in [5, 5.41) is 18.5. The van der Waals surface area contributed by atoms with Crippen molar-refractivity contribution in [3.8, 4) is 23.1 Å². The maximum Gasteiger partial charge on any atom is 0.324 e. The Labute approximate surface area is 324 Å². The molecular formula is C42H43N9O5. The summed E-state index contributed by atoms with van der Waals surface area (Å²) in [5.41, 5.74) is 4.57. The van der Waals surface area contributed by atoms with Crippen molar-refractivity contribution in [1.29, 1.82) is 0 Å². The number of benzene rings is 4. The van der Waals surface area contributed by atoms with E-state index < -0.39 is 6.03 Å². The fourth-order valence-electron chi connectivity index (χ4n) is 6.73. The Morgan fingerprint density at radius 3 is 2.62 bits per heavy atom. The van der Waals surface area contributed by atoms with Gasteiger partial charge in [-0.3, -0.25) is 15.0 Å². The van der Waals surface area contributed by atoms with Crippen molar-refractivity contribution in [2.75, 3.05) is 55.4 Å². The van der Waals surface area contributed by atoms with E-state index in [1.807, 2.05) is 66.7 Å². The van der Waals surface area contributed by atoms with Crippen molar-refractivity contribution in [1.82, 2.24) is 30.0 Å². The van der Waals surface area contributed by atoms with Crippen LogP contribution in [0.4, 0.5) is 27.9 Å². The average Bonchev–Trinajstić information content (AvgIpc) is 3.80. The molecule has 3 amide bonds. The van der Waals surface area contributed by atoms with Gasteiger partial charge >= 0.3 is 6.03 Å². The van der Waals surface area contributed by atoms with Gasteiger partial charge in [0.1, 0.15) is 23.9 Å². The number of carbonyl (C=O) groups excluding carboxylic acids is 2. The van der Waals surface area contributed by atoms with Crippen LogP contribution in [-0.4, -0.2) is 76.0 Å². The number of aromatic nitrogens is 4. The van der Waals surface area contributed by atoms with Crippen LogP contribution >= 0.6 is 0 Å². The standard InChI is InChI=1S/C42H43N9O5/c1-2-3-6-30-26-38(51(49-30)31-11-13-32(14-12-31)55-24-21-50-19-22-54-23-20-50)47-42(53)46-36-15-16-37(34-8-5-4-7-33(34)36)56-39-17-18-43-41(48-39)45-29-10-9-28-27-44-40(52)35(28)25-29/h4-5,7-18,25-26H,2-3,6,19-24,27H2,1H3,(H,44,52)(H,43,45,48)(H2,46,47,53). The third-order valence-corrected chi connectivity index (χ3v) is 9.68. The van der Waals surface area contributed by atoms with Crippen LogP contribution in [0.1, 0.15) is 41.4 Å². The van der Waals surface area contributed by atoms with Crippen LogP contribution in [0, 0.1) is 0 Å². The lowest BCUT2D eigenvalue weighted by atomic mass is 10.1. The highest BCUT2D eigenvalue weighted by Gasteiger charge is 2.20. The van der Waals surface area contributed by atoms with Gasteiger partial charge in [-0.1, -0.05) is 43.7 Å². The van der Waals surface area contributed by atoms with Crippen LogP contribution in [0.3, 0.4) is 0 Å². The van der Waals surface area contributed by atoms with Crippen molar-refractivity contribution in [2.24, 2.45) is 0 Å². The first-order valence-corrected chi connectivity index (χ1v) is 18.9. The van der Waals surface area contributed by atoms with Gasteiger partial charge in [0.15, 0.2) is 0 Å². The predicted octanol–water partition coefficient (Wildman–Crippen LogP) is 7.29. The van der Waals surface area contributed by atoms with E-state index in [-0.39, 0.29) is 5.91 Å². The molecule has 2 aliphatic rings. The van der Waals surface area contributed by atoms with E-state index in [1.54, 1.807) is 35.1 Å². The Balaban J connectivity index is 0.950. The molecule has 286 valence electrons. The number of amides is 3. The Morgan fingerprint density at radius 1 is 0.946 bits per heavy atom. The van der Waals surface area contributed by atoms with Gasteiger partial charge in [-0.25, -0.2) is 14.5 Å². The average molecular weight is 754 g/mol. The summed E-state index contributed by atoms with van der Waals surface area (Å²) in [6.07, 6.45) is 4.42. The lowest BCUT2D eigenvalue weighted by Crippen LogP contribution is -2.38. The highest BCUT2D eigenvalue weighted by Crippen LogP contribution is 2.34. The van der Waals surface area contributed by atoms with Gasteiger partial charge in [-0.15, -0.1) is 0 Å². The van der Waals surface area contributed by atoms with Gasteiger partial charge in [0, 0.05) is 66.5 Å². The number of hydrogen-bond acceptors (Lipinski definition) is 10. The molecule has 2 aromatic heterocycles. The van der Waals surface area contributed by atoms with Crippen molar-refractivity contribution in [3.63, 3.8) is 0 Å². The fourth-order valence-corrected chi connectivity index (χ4v) is 6.73. The molecule has 0 bridgehead atoms. The normalized spacial score (nSPS) is 13.9. The number of unbranched alkanes of at least 4 members (excludes halogenated alkanes) is 1. The number of ether oxygens (including phenoxy) is 3. The van der Waals surface area contributed by atoms with Crippen LogP contribution < -0.4 is 30.7 Å². The molecule has 6 aromatic rings. The number of fused-ring (bicyclic) bond motifs is 2. The highest BCUT2D eigenvalue weighted by atomic mass is 16.5. The van der Waals surface area contributed by atoms with Gasteiger partial charge in [0.05, 0.1) is 30.3 Å². The highest BCUT2D eigenvalue weighted by molar-refractivity contribution is 6.07. The maximum atomic E-state index is 13.6. The van der Waals surface area contributed by atoms with E-state index in [0.717, 1.165) is 85.6 Å². The van der Waals surface area contributed by atoms with E-state index in [4.69, 9.17) is 19.3 Å². The largest absolute Gasteiger partial charge is 0.492 e. The molecule has 0 spiro atoms. The summed E-state index contributed by atoms with van der Waals surface area (Å²) in [6, 6.07) is 27.7. The summed E-state index contributed by atoms with van der Waals surface area (Å²) in [4.78, 5) is 37.0. The van der Waals surface area contributed by atoms with Gasteiger partial charge in [0.2, 0.25) is 11.8 Å². The molecule has 0 saturated carbocycles. The summed E-state index contributed by atoms with van der Waals surface area (Å²) in [5.74, 6) is 2.42. The number of morpholine rings is 1. The Hall–Kier alpha value is -6.51. The van der Waals surface area contributed by atoms with E-state index in [0.29, 0.717) is 53.5 Å². The lowest BCUT2D eigenvalue weighted by molar-refractivity contribution is 0.0322. The first-order chi connectivity index (χ1) is 27.5. The van der Waals surface area contributed by atoms with Crippen LogP contribution in [0.5, 0.6) is 17.4 Å². The van der Waals surface area contributed by atoms with Gasteiger partial charge in [-0.05, 0) is 66.9 Å². The molecule has 14 heteroatoms. The first kappa shape index (κ1) is 36.5. The smallest absolute Gasteiger partial charge is 0.324 e. The first-order valence-electron chi connectivity index (χ1n) is 18.9. The molecule has 56 heavy (non-hydrogen) atoms. The molecule has 0 atom stereocenters. The van der Waals surface area contributed by atoms with E-state index in [1.165, 1.54) is 0 Å². The molecule has 4 aromatic carbocycles. The molecule has 8 rings (SSSR count). The molecule has 1 fully saturated rings. The van der Waals surface area contributed by atoms with E-state index >= 15 is 0 Å². The topological polar surface area (TPSA) is 157 Å². The summed E-state index contributed by atoms with van der Waals surface area (Å²) >= 11 is 0. The van der Waals surface area contributed by atoms with Crippen molar-refractivity contribution in [2.45, 2.75) is 32.7 Å². The predicted molar refractivity (Wildman–Crippen MR) is 215 cm³/mol. The fraction of sp³-hybridized carbons (Fsp3) is 0.262. The number of rotatable bonds is 14. The third-order valence-electron chi connectivity index (χ3n) is 9.68. The number of aryl methyl sites for hydroxylation is 1. The SMILES string of the molecule is CCCCc1cc(NC(=O)Nc2ccc(Oc3ccnc(Nc4ccc5c(c4)C(=O)NC5)n3)c3ccccc23)n(-c2ccc(OCCN3CCOCC3)cc2)n1. The molecule has 0 radical (unpaired) electrons. The molecule has 4 heterocycles. The zero-order chi connectivity index (χ0) is 38.3. The van der Waals surface area contributed by atoms with Gasteiger partial charge < -0.3 is 30.2 Å². The van der Waals surface area contributed by atoms with Crippen molar-refractivity contribution >= 4 is 45.9 Å². The molecule has 14 nitrogen and oxygen atoms in total. The zero-order valence-corrected chi connectivity index (χ0v) is 31.1. The number of carbonyl (C=O) groups is 2. The monoisotopic (exact) mass is 753 g/mol. The number of nitrogens with one attached hydrogen (secondary N) is 4. The second-order valence-electron chi connectivity index (χ2n) is 13.6. The van der Waals surface area contributed by atoms with E-state index in [9.17, 15) is 9.59 Å². The van der Waals surface area contributed by atoms with Gasteiger partial charge in [0.25, 0.3) is 5.91 Å². The molecule has 1 saturated heterocycles. The third kappa shape index (κ3) is 8.56. The molecule has 0 unspecified atom stereocenters. The minimum atomic E-state index is -0.411. The molecule has 0 aliphatic carbocycles.